The molecule has 0 radical (unpaired) electrons. The summed E-state index contributed by atoms with van der Waals surface area (Å²) < 4.78 is 5.13. The number of aromatic nitrogens is 1. The summed E-state index contributed by atoms with van der Waals surface area (Å²) in [5, 5.41) is 2.92. The number of carbonyl (C=O) groups is 1. The number of anilines is 3. The van der Waals surface area contributed by atoms with Crippen LogP contribution >= 0.6 is 0 Å². The Hall–Kier alpha value is -3.34. The minimum absolute atomic E-state index is 0.165. The molecule has 0 atom stereocenters. The van der Waals surface area contributed by atoms with Gasteiger partial charge in [0.05, 0.1) is 18.4 Å². The molecule has 126 valence electrons. The summed E-state index contributed by atoms with van der Waals surface area (Å²) in [5.41, 5.74) is 3.09. The number of hydrogen-bond acceptors (Lipinski definition) is 4. The van der Waals surface area contributed by atoms with Crippen LogP contribution in [0.2, 0.25) is 0 Å². The molecule has 0 unspecified atom stereocenters. The molecule has 0 aliphatic rings. The molecule has 1 N–H and O–H groups in total. The highest BCUT2D eigenvalue weighted by Gasteiger charge is 2.15. The van der Waals surface area contributed by atoms with Crippen molar-refractivity contribution in [3.8, 4) is 5.75 Å². The van der Waals surface area contributed by atoms with Crippen molar-refractivity contribution < 1.29 is 9.53 Å². The third-order valence-electron chi connectivity index (χ3n) is 3.91. The van der Waals surface area contributed by atoms with Crippen LogP contribution in [0, 0.1) is 0 Å². The zero-order chi connectivity index (χ0) is 17.6. The van der Waals surface area contributed by atoms with Crippen molar-refractivity contribution >= 4 is 23.0 Å². The Morgan fingerprint density at radius 3 is 2.36 bits per heavy atom. The Kier molecular flexibility index (Phi) is 4.95. The molecular weight excluding hydrogens is 314 g/mol. The summed E-state index contributed by atoms with van der Waals surface area (Å²) >= 11 is 0. The predicted octanol–water partition coefficient (Wildman–Crippen LogP) is 4.11. The van der Waals surface area contributed by atoms with Crippen LogP contribution in [0.5, 0.6) is 5.75 Å². The molecule has 25 heavy (non-hydrogen) atoms. The molecule has 0 aliphatic carbocycles. The summed E-state index contributed by atoms with van der Waals surface area (Å²) in [5.74, 6) is 0.581. The molecule has 0 saturated carbocycles. The van der Waals surface area contributed by atoms with E-state index in [1.165, 1.54) is 0 Å². The quantitative estimate of drug-likeness (QED) is 0.763. The van der Waals surface area contributed by atoms with E-state index in [4.69, 9.17) is 4.74 Å². The number of ether oxygens (including phenoxy) is 1. The Bertz CT molecular complexity index is 848. The standard InChI is InChI=1S/C20H19N3O2/c1-23(16-11-13-21-14-12-16)19-6-4-3-5-18(19)20(24)22-15-7-9-17(25-2)10-8-15/h3-14H,1-2H3,(H,22,24). The second kappa shape index (κ2) is 7.49. The fourth-order valence-electron chi connectivity index (χ4n) is 2.54. The number of benzene rings is 2. The van der Waals surface area contributed by atoms with Crippen LogP contribution in [-0.4, -0.2) is 25.0 Å². The minimum Gasteiger partial charge on any atom is -0.497 e. The lowest BCUT2D eigenvalue weighted by Gasteiger charge is -2.22. The topological polar surface area (TPSA) is 54.5 Å². The van der Waals surface area contributed by atoms with E-state index in [1.807, 2.05) is 72.6 Å². The van der Waals surface area contributed by atoms with Crippen LogP contribution in [0.15, 0.2) is 73.1 Å². The molecule has 0 aliphatic heterocycles. The van der Waals surface area contributed by atoms with Gasteiger partial charge in [0, 0.05) is 30.8 Å². The fraction of sp³-hybridized carbons (Fsp3) is 0.100. The Balaban J connectivity index is 1.85. The number of nitrogens with one attached hydrogen (secondary N) is 1. The number of hydrogen-bond donors (Lipinski definition) is 1. The molecule has 5 heteroatoms. The monoisotopic (exact) mass is 333 g/mol. The Labute approximate surface area is 146 Å². The van der Waals surface area contributed by atoms with E-state index < -0.39 is 0 Å². The number of para-hydroxylation sites is 1. The second-order valence-corrected chi connectivity index (χ2v) is 5.46. The first kappa shape index (κ1) is 16.5. The van der Waals surface area contributed by atoms with Crippen LogP contribution < -0.4 is 15.0 Å². The van der Waals surface area contributed by atoms with Crippen molar-refractivity contribution in [2.45, 2.75) is 0 Å². The van der Waals surface area contributed by atoms with Crippen LogP contribution in [0.4, 0.5) is 17.1 Å². The lowest BCUT2D eigenvalue weighted by Crippen LogP contribution is -2.18. The Morgan fingerprint density at radius 1 is 1.00 bits per heavy atom. The number of rotatable bonds is 5. The average Bonchev–Trinajstić information content (AvgIpc) is 2.68. The van der Waals surface area contributed by atoms with E-state index in [2.05, 4.69) is 10.3 Å². The van der Waals surface area contributed by atoms with Gasteiger partial charge < -0.3 is 15.0 Å². The average molecular weight is 333 g/mol. The number of pyridine rings is 1. The number of nitrogens with zero attached hydrogens (tertiary/aromatic N) is 2. The summed E-state index contributed by atoms with van der Waals surface area (Å²) in [6.45, 7) is 0. The highest BCUT2D eigenvalue weighted by Crippen LogP contribution is 2.27. The van der Waals surface area contributed by atoms with Gasteiger partial charge in [0.25, 0.3) is 5.91 Å². The molecule has 3 rings (SSSR count). The molecule has 5 nitrogen and oxygen atoms in total. The van der Waals surface area contributed by atoms with Gasteiger partial charge in [-0.2, -0.15) is 0 Å². The molecule has 0 spiro atoms. The van der Waals surface area contributed by atoms with Gasteiger partial charge in [-0.3, -0.25) is 9.78 Å². The molecule has 1 amide bonds. The lowest BCUT2D eigenvalue weighted by atomic mass is 10.1. The third-order valence-corrected chi connectivity index (χ3v) is 3.91. The summed E-state index contributed by atoms with van der Waals surface area (Å²) in [7, 11) is 3.54. The normalized spacial score (nSPS) is 10.2. The molecule has 1 heterocycles. The first-order valence-electron chi connectivity index (χ1n) is 7.87. The molecule has 0 bridgehead atoms. The number of amides is 1. The SMILES string of the molecule is COc1ccc(NC(=O)c2ccccc2N(C)c2ccncc2)cc1. The zero-order valence-corrected chi connectivity index (χ0v) is 14.1. The molecule has 0 fully saturated rings. The number of methoxy groups -OCH3 is 1. The fourth-order valence-corrected chi connectivity index (χ4v) is 2.54. The molecule has 2 aromatic carbocycles. The molecule has 3 aromatic rings. The van der Waals surface area contributed by atoms with Crippen LogP contribution in [0.25, 0.3) is 0 Å². The van der Waals surface area contributed by atoms with Crippen molar-refractivity contribution in [3.63, 3.8) is 0 Å². The zero-order valence-electron chi connectivity index (χ0n) is 14.1. The maximum Gasteiger partial charge on any atom is 0.257 e. The third kappa shape index (κ3) is 3.77. The van der Waals surface area contributed by atoms with Crippen LogP contribution in [0.3, 0.4) is 0 Å². The van der Waals surface area contributed by atoms with E-state index in [0.717, 1.165) is 17.1 Å². The van der Waals surface area contributed by atoms with Gasteiger partial charge in [-0.25, -0.2) is 0 Å². The van der Waals surface area contributed by atoms with E-state index >= 15 is 0 Å². The summed E-state index contributed by atoms with van der Waals surface area (Å²) in [6, 6.07) is 18.5. The summed E-state index contributed by atoms with van der Waals surface area (Å²) in [6.07, 6.45) is 3.46. The van der Waals surface area contributed by atoms with Gasteiger partial charge in [0.15, 0.2) is 0 Å². The van der Waals surface area contributed by atoms with Crippen molar-refractivity contribution in [3.05, 3.63) is 78.6 Å². The van der Waals surface area contributed by atoms with Gasteiger partial charge in [-0.15, -0.1) is 0 Å². The lowest BCUT2D eigenvalue weighted by molar-refractivity contribution is 0.102. The molecular formula is C20H19N3O2. The van der Waals surface area contributed by atoms with Crippen molar-refractivity contribution in [1.29, 1.82) is 0 Å². The smallest absolute Gasteiger partial charge is 0.257 e. The maximum atomic E-state index is 12.7. The van der Waals surface area contributed by atoms with Gasteiger partial charge in [0.1, 0.15) is 5.75 Å². The highest BCUT2D eigenvalue weighted by atomic mass is 16.5. The van der Waals surface area contributed by atoms with Crippen molar-refractivity contribution in [2.24, 2.45) is 0 Å². The van der Waals surface area contributed by atoms with Crippen LogP contribution in [-0.2, 0) is 0 Å². The van der Waals surface area contributed by atoms with Gasteiger partial charge in [-0.1, -0.05) is 12.1 Å². The van der Waals surface area contributed by atoms with E-state index in [9.17, 15) is 4.79 Å². The predicted molar refractivity (Wildman–Crippen MR) is 99.7 cm³/mol. The van der Waals surface area contributed by atoms with Gasteiger partial charge >= 0.3 is 0 Å². The van der Waals surface area contributed by atoms with Crippen LogP contribution in [0.1, 0.15) is 10.4 Å². The van der Waals surface area contributed by atoms with Gasteiger partial charge in [-0.05, 0) is 48.5 Å². The second-order valence-electron chi connectivity index (χ2n) is 5.46. The maximum absolute atomic E-state index is 12.7. The van der Waals surface area contributed by atoms with E-state index in [0.29, 0.717) is 11.3 Å². The van der Waals surface area contributed by atoms with Gasteiger partial charge in [0.2, 0.25) is 0 Å². The van der Waals surface area contributed by atoms with E-state index in [-0.39, 0.29) is 5.91 Å². The largest absolute Gasteiger partial charge is 0.497 e. The minimum atomic E-state index is -0.165. The first-order chi connectivity index (χ1) is 12.2. The molecule has 0 saturated heterocycles. The first-order valence-corrected chi connectivity index (χ1v) is 7.87. The Morgan fingerprint density at radius 2 is 1.68 bits per heavy atom. The molecule has 1 aromatic heterocycles. The van der Waals surface area contributed by atoms with E-state index in [1.54, 1.807) is 19.5 Å². The highest BCUT2D eigenvalue weighted by molar-refractivity contribution is 6.08. The summed E-state index contributed by atoms with van der Waals surface area (Å²) in [4.78, 5) is 18.7. The van der Waals surface area contributed by atoms with Crippen molar-refractivity contribution in [2.75, 3.05) is 24.4 Å². The number of carbonyl (C=O) groups excluding carboxylic acids is 1. The van der Waals surface area contributed by atoms with Crippen molar-refractivity contribution in [1.82, 2.24) is 4.98 Å².